The molecule has 3 N–H and O–H groups in total. The molecule has 0 aliphatic carbocycles. The fourth-order valence-electron chi connectivity index (χ4n) is 3.18. The first kappa shape index (κ1) is 14.9. The molecule has 1 aromatic heterocycles. The second-order valence-electron chi connectivity index (χ2n) is 5.77. The maximum Gasteiger partial charge on any atom is 0.275 e. The van der Waals surface area contributed by atoms with E-state index in [1.165, 1.54) is 6.07 Å². The molecule has 2 aromatic carbocycles. The van der Waals surface area contributed by atoms with Gasteiger partial charge in [0.1, 0.15) is 12.4 Å². The average molecular weight is 325 g/mol. The fraction of sp³-hybridized carbons (Fsp3) is 0.167. The number of aromatic amines is 1. The molecular weight excluding hydrogens is 309 g/mol. The third-order valence-corrected chi connectivity index (χ3v) is 4.24. The van der Waals surface area contributed by atoms with E-state index in [1.807, 2.05) is 19.2 Å². The Morgan fingerprint density at radius 1 is 1.25 bits per heavy atom. The molecule has 0 saturated heterocycles. The number of rotatable bonds is 3. The van der Waals surface area contributed by atoms with Crippen LogP contribution < -0.4 is 10.8 Å². The highest BCUT2D eigenvalue weighted by Crippen LogP contribution is 2.35. The minimum absolute atomic E-state index is 0.176. The highest BCUT2D eigenvalue weighted by molar-refractivity contribution is 6.09. The van der Waals surface area contributed by atoms with Crippen LogP contribution in [0.25, 0.3) is 22.2 Å². The Kier molecular flexibility index (Phi) is 3.55. The molecule has 3 aromatic rings. The predicted octanol–water partition coefficient (Wildman–Crippen LogP) is 2.87. The third-order valence-electron chi connectivity index (χ3n) is 4.24. The van der Waals surface area contributed by atoms with Gasteiger partial charge in [0.05, 0.1) is 11.3 Å². The van der Waals surface area contributed by atoms with Crippen LogP contribution >= 0.6 is 0 Å². The van der Waals surface area contributed by atoms with E-state index in [0.717, 1.165) is 22.0 Å². The monoisotopic (exact) mass is 325 g/mol. The summed E-state index contributed by atoms with van der Waals surface area (Å²) in [5.41, 5.74) is 6.46. The van der Waals surface area contributed by atoms with Crippen LogP contribution in [0.3, 0.4) is 0 Å². The molecule has 1 amide bonds. The van der Waals surface area contributed by atoms with Gasteiger partial charge in [0.25, 0.3) is 5.91 Å². The maximum absolute atomic E-state index is 14.6. The Labute approximate surface area is 137 Å². The van der Waals surface area contributed by atoms with E-state index < -0.39 is 0 Å². The van der Waals surface area contributed by atoms with Gasteiger partial charge in [-0.15, -0.1) is 0 Å². The number of carbonyl (C=O) groups is 1. The second-order valence-corrected chi connectivity index (χ2v) is 5.77. The number of hydrogen-bond donors (Lipinski definition) is 3. The molecule has 4 rings (SSSR count). The van der Waals surface area contributed by atoms with Crippen molar-refractivity contribution in [2.24, 2.45) is 0 Å². The van der Waals surface area contributed by atoms with E-state index in [1.54, 1.807) is 18.2 Å². The zero-order chi connectivity index (χ0) is 16.7. The number of H-pyrrole nitrogens is 1. The lowest BCUT2D eigenvalue weighted by atomic mass is 10.0. The van der Waals surface area contributed by atoms with Crippen LogP contribution in [0.5, 0.6) is 0 Å². The van der Waals surface area contributed by atoms with Crippen molar-refractivity contribution in [3.8, 4) is 11.3 Å². The Morgan fingerprint density at radius 3 is 2.92 bits per heavy atom. The smallest absolute Gasteiger partial charge is 0.275 e. The fourth-order valence-corrected chi connectivity index (χ4v) is 3.18. The Balaban J connectivity index is 1.93. The lowest BCUT2D eigenvalue weighted by molar-refractivity contribution is 0.0256. The standard InChI is InChI=1S/C18H16FN3O2/c1-20-8-10-5-6-11(14(19)7-10)17-13-9-24-22-18(23)12-3-2-4-15(21-17)16(12)13/h2-7,20-21H,8-9H2,1H3,(H,22,23). The number of nitrogens with one attached hydrogen (secondary N) is 3. The van der Waals surface area contributed by atoms with Crippen LogP contribution in [-0.4, -0.2) is 17.9 Å². The van der Waals surface area contributed by atoms with Crippen LogP contribution in [0.2, 0.25) is 0 Å². The lowest BCUT2D eigenvalue weighted by Gasteiger charge is -2.07. The van der Waals surface area contributed by atoms with Crippen molar-refractivity contribution in [2.45, 2.75) is 13.2 Å². The van der Waals surface area contributed by atoms with Crippen LogP contribution in [0, 0.1) is 5.82 Å². The molecule has 24 heavy (non-hydrogen) atoms. The Morgan fingerprint density at radius 2 is 2.12 bits per heavy atom. The van der Waals surface area contributed by atoms with E-state index in [4.69, 9.17) is 4.84 Å². The number of benzene rings is 2. The van der Waals surface area contributed by atoms with Crippen molar-refractivity contribution >= 4 is 16.8 Å². The molecule has 2 heterocycles. The summed E-state index contributed by atoms with van der Waals surface area (Å²) in [5, 5.41) is 3.78. The molecule has 0 fully saturated rings. The normalized spacial score (nSPS) is 13.8. The van der Waals surface area contributed by atoms with Gasteiger partial charge in [0.15, 0.2) is 0 Å². The second kappa shape index (κ2) is 5.74. The molecule has 122 valence electrons. The summed E-state index contributed by atoms with van der Waals surface area (Å²) in [6.45, 7) is 0.776. The van der Waals surface area contributed by atoms with Crippen LogP contribution in [0.4, 0.5) is 4.39 Å². The molecule has 1 aliphatic rings. The van der Waals surface area contributed by atoms with Crippen molar-refractivity contribution in [3.63, 3.8) is 0 Å². The van der Waals surface area contributed by atoms with Crippen molar-refractivity contribution in [2.75, 3.05) is 7.05 Å². The minimum Gasteiger partial charge on any atom is -0.354 e. The maximum atomic E-state index is 14.6. The van der Waals surface area contributed by atoms with Gasteiger partial charge in [0.2, 0.25) is 0 Å². The van der Waals surface area contributed by atoms with E-state index in [-0.39, 0.29) is 18.3 Å². The van der Waals surface area contributed by atoms with E-state index in [2.05, 4.69) is 15.8 Å². The van der Waals surface area contributed by atoms with Gasteiger partial charge in [-0.1, -0.05) is 12.1 Å². The largest absolute Gasteiger partial charge is 0.354 e. The molecule has 0 radical (unpaired) electrons. The first-order chi connectivity index (χ1) is 11.7. The number of hydroxylamine groups is 1. The summed E-state index contributed by atoms with van der Waals surface area (Å²) in [6, 6.07) is 10.6. The number of hydrogen-bond acceptors (Lipinski definition) is 3. The van der Waals surface area contributed by atoms with Crippen LogP contribution in [-0.2, 0) is 18.0 Å². The molecule has 0 saturated carbocycles. The van der Waals surface area contributed by atoms with Crippen LogP contribution in [0.1, 0.15) is 21.5 Å². The molecule has 5 nitrogen and oxygen atoms in total. The van der Waals surface area contributed by atoms with Crippen molar-refractivity contribution in [1.82, 2.24) is 15.8 Å². The zero-order valence-electron chi connectivity index (χ0n) is 13.1. The van der Waals surface area contributed by atoms with Gasteiger partial charge < -0.3 is 10.3 Å². The Hall–Kier alpha value is -2.70. The highest BCUT2D eigenvalue weighted by atomic mass is 19.1. The quantitative estimate of drug-likeness (QED) is 0.694. The summed E-state index contributed by atoms with van der Waals surface area (Å²) < 4.78 is 14.6. The van der Waals surface area contributed by atoms with Crippen molar-refractivity contribution in [1.29, 1.82) is 0 Å². The molecular formula is C18H16FN3O2. The van der Waals surface area contributed by atoms with Gasteiger partial charge in [-0.05, 0) is 36.9 Å². The Bertz CT molecular complexity index is 949. The SMILES string of the molecule is CNCc1ccc(-c2[nH]c3cccc4c3c2CONC4=O)c(F)c1. The van der Waals surface area contributed by atoms with Crippen LogP contribution in [0.15, 0.2) is 36.4 Å². The summed E-state index contributed by atoms with van der Waals surface area (Å²) >= 11 is 0. The minimum atomic E-state index is -0.310. The molecule has 0 atom stereocenters. The summed E-state index contributed by atoms with van der Waals surface area (Å²) in [7, 11) is 1.82. The average Bonchev–Trinajstić information content (AvgIpc) is 2.84. The number of halogens is 1. The summed E-state index contributed by atoms with van der Waals surface area (Å²) in [4.78, 5) is 20.6. The third kappa shape index (κ3) is 2.28. The van der Waals surface area contributed by atoms with Gasteiger partial charge in [-0.2, -0.15) is 0 Å². The first-order valence-corrected chi connectivity index (χ1v) is 7.68. The lowest BCUT2D eigenvalue weighted by Crippen LogP contribution is -2.21. The molecule has 1 aliphatic heterocycles. The predicted molar refractivity (Wildman–Crippen MR) is 88.7 cm³/mol. The summed E-state index contributed by atoms with van der Waals surface area (Å²) in [6.07, 6.45) is 0. The number of aromatic nitrogens is 1. The van der Waals surface area contributed by atoms with Gasteiger partial charge in [-0.25, -0.2) is 9.87 Å². The van der Waals surface area contributed by atoms with Crippen molar-refractivity contribution < 1.29 is 14.0 Å². The first-order valence-electron chi connectivity index (χ1n) is 7.68. The van der Waals surface area contributed by atoms with E-state index in [0.29, 0.717) is 23.4 Å². The highest BCUT2D eigenvalue weighted by Gasteiger charge is 2.23. The molecule has 0 bridgehead atoms. The number of carbonyl (C=O) groups excluding carboxylic acids is 1. The molecule has 0 spiro atoms. The van der Waals surface area contributed by atoms with Gasteiger partial charge in [-0.3, -0.25) is 9.63 Å². The van der Waals surface area contributed by atoms with E-state index >= 15 is 0 Å². The van der Waals surface area contributed by atoms with Gasteiger partial charge in [0, 0.05) is 28.6 Å². The molecule has 0 unspecified atom stereocenters. The zero-order valence-corrected chi connectivity index (χ0v) is 13.1. The molecule has 6 heteroatoms. The van der Waals surface area contributed by atoms with Gasteiger partial charge >= 0.3 is 0 Å². The van der Waals surface area contributed by atoms with Crippen molar-refractivity contribution in [3.05, 3.63) is 58.9 Å². The van der Waals surface area contributed by atoms with E-state index in [9.17, 15) is 9.18 Å². The number of amides is 1. The topological polar surface area (TPSA) is 66.2 Å². The summed E-state index contributed by atoms with van der Waals surface area (Å²) in [5.74, 6) is -0.606.